The third-order valence-corrected chi connectivity index (χ3v) is 4.49. The molecule has 2 nitrogen and oxygen atoms in total. The molecular weight excluding hydrogens is 316 g/mol. The van der Waals surface area contributed by atoms with Crippen LogP contribution in [-0.2, 0) is 0 Å². The maximum atomic E-state index is 2.47. The molecule has 0 saturated heterocycles. The molecule has 134 valence electrons. The Morgan fingerprint density at radius 1 is 0.500 bits per heavy atom. The number of benzene rings is 3. The summed E-state index contributed by atoms with van der Waals surface area (Å²) in [6, 6.07) is 30.0. The molecule has 0 aliphatic carbocycles. The van der Waals surface area contributed by atoms with Gasteiger partial charge in [-0.1, -0.05) is 50.2 Å². The van der Waals surface area contributed by atoms with Gasteiger partial charge in [-0.25, -0.2) is 0 Å². The average Bonchev–Trinajstić information content (AvgIpc) is 2.70. The van der Waals surface area contributed by atoms with Crippen LogP contribution in [0.1, 0.15) is 26.7 Å². The first kappa shape index (κ1) is 18.1. The molecule has 3 rings (SSSR count). The van der Waals surface area contributed by atoms with Gasteiger partial charge in [0.2, 0.25) is 0 Å². The Balaban J connectivity index is 1.95. The molecule has 0 radical (unpaired) electrons. The van der Waals surface area contributed by atoms with E-state index >= 15 is 0 Å². The van der Waals surface area contributed by atoms with E-state index in [2.05, 4.69) is 109 Å². The van der Waals surface area contributed by atoms with Gasteiger partial charge in [0.15, 0.2) is 0 Å². The first-order valence-electron chi connectivity index (χ1n) is 9.58. The van der Waals surface area contributed by atoms with Gasteiger partial charge in [0.1, 0.15) is 0 Å². The molecule has 0 spiro atoms. The summed E-state index contributed by atoms with van der Waals surface area (Å²) < 4.78 is 0. The molecule has 0 N–H and O–H groups in total. The Bertz CT molecular complexity index is 721. The number of hydrogen-bond acceptors (Lipinski definition) is 2. The lowest BCUT2D eigenvalue weighted by molar-refractivity contribution is 0.745. The van der Waals surface area contributed by atoms with Crippen molar-refractivity contribution in [3.05, 3.63) is 84.9 Å². The summed E-state index contributed by atoms with van der Waals surface area (Å²) in [5.74, 6) is 0. The molecule has 2 heteroatoms. The van der Waals surface area contributed by atoms with E-state index in [1.807, 2.05) is 0 Å². The van der Waals surface area contributed by atoms with Crippen molar-refractivity contribution >= 4 is 22.7 Å². The Hall–Kier alpha value is -2.74. The summed E-state index contributed by atoms with van der Waals surface area (Å²) in [5.41, 5.74) is 4.83. The minimum Gasteiger partial charge on any atom is -0.372 e. The summed E-state index contributed by atoms with van der Waals surface area (Å²) in [5, 5.41) is 0. The summed E-state index contributed by atoms with van der Waals surface area (Å²) in [4.78, 5) is 4.77. The second-order valence-corrected chi connectivity index (χ2v) is 6.51. The number of anilines is 4. The predicted octanol–water partition coefficient (Wildman–Crippen LogP) is 6.78. The molecule has 0 fully saturated rings. The molecule has 0 aromatic heterocycles. The van der Waals surface area contributed by atoms with Crippen molar-refractivity contribution in [1.82, 2.24) is 0 Å². The van der Waals surface area contributed by atoms with E-state index in [4.69, 9.17) is 0 Å². The SMILES string of the molecule is CCCN(CCC)c1ccc(N(c2ccccc2)c2ccccc2)cc1. The zero-order chi connectivity index (χ0) is 18.2. The van der Waals surface area contributed by atoms with Gasteiger partial charge in [0.05, 0.1) is 0 Å². The average molecular weight is 345 g/mol. The lowest BCUT2D eigenvalue weighted by Crippen LogP contribution is -2.24. The highest BCUT2D eigenvalue weighted by molar-refractivity contribution is 5.77. The Morgan fingerprint density at radius 2 is 0.885 bits per heavy atom. The molecule has 3 aromatic rings. The van der Waals surface area contributed by atoms with E-state index in [-0.39, 0.29) is 0 Å². The van der Waals surface area contributed by atoms with Gasteiger partial charge in [0.25, 0.3) is 0 Å². The Kier molecular flexibility index (Phi) is 6.32. The van der Waals surface area contributed by atoms with Crippen molar-refractivity contribution in [3.63, 3.8) is 0 Å². The molecule has 0 heterocycles. The van der Waals surface area contributed by atoms with E-state index in [0.29, 0.717) is 0 Å². The normalized spacial score (nSPS) is 10.5. The van der Waals surface area contributed by atoms with Crippen LogP contribution < -0.4 is 9.80 Å². The highest BCUT2D eigenvalue weighted by atomic mass is 15.1. The molecule has 0 saturated carbocycles. The van der Waals surface area contributed by atoms with Crippen LogP contribution in [0.4, 0.5) is 22.7 Å². The van der Waals surface area contributed by atoms with Crippen LogP contribution in [0.2, 0.25) is 0 Å². The summed E-state index contributed by atoms with van der Waals surface area (Å²) in [7, 11) is 0. The summed E-state index contributed by atoms with van der Waals surface area (Å²) in [6.45, 7) is 6.69. The van der Waals surface area contributed by atoms with Gasteiger partial charge in [0, 0.05) is 35.8 Å². The zero-order valence-corrected chi connectivity index (χ0v) is 15.8. The van der Waals surface area contributed by atoms with Crippen molar-refractivity contribution in [3.8, 4) is 0 Å². The minimum atomic E-state index is 1.11. The van der Waals surface area contributed by atoms with E-state index in [9.17, 15) is 0 Å². The van der Waals surface area contributed by atoms with Crippen molar-refractivity contribution in [2.45, 2.75) is 26.7 Å². The summed E-state index contributed by atoms with van der Waals surface area (Å²) >= 11 is 0. The van der Waals surface area contributed by atoms with Crippen molar-refractivity contribution in [1.29, 1.82) is 0 Å². The van der Waals surface area contributed by atoms with Crippen LogP contribution in [0.25, 0.3) is 0 Å². The number of para-hydroxylation sites is 2. The minimum absolute atomic E-state index is 1.11. The Morgan fingerprint density at radius 3 is 1.31 bits per heavy atom. The molecule has 26 heavy (non-hydrogen) atoms. The van der Waals surface area contributed by atoms with Crippen LogP contribution >= 0.6 is 0 Å². The van der Waals surface area contributed by atoms with Crippen molar-refractivity contribution in [2.75, 3.05) is 22.9 Å². The van der Waals surface area contributed by atoms with E-state index in [1.165, 1.54) is 35.6 Å². The third-order valence-electron chi connectivity index (χ3n) is 4.49. The van der Waals surface area contributed by atoms with Crippen LogP contribution in [-0.4, -0.2) is 13.1 Å². The topological polar surface area (TPSA) is 6.48 Å². The molecule has 3 aromatic carbocycles. The van der Waals surface area contributed by atoms with Crippen molar-refractivity contribution < 1.29 is 0 Å². The van der Waals surface area contributed by atoms with Crippen LogP contribution in [0.15, 0.2) is 84.9 Å². The molecule has 0 unspecified atom stereocenters. The van der Waals surface area contributed by atoms with Crippen LogP contribution in [0, 0.1) is 0 Å². The quantitative estimate of drug-likeness (QED) is 0.444. The first-order valence-corrected chi connectivity index (χ1v) is 9.58. The lowest BCUT2D eigenvalue weighted by atomic mass is 10.1. The van der Waals surface area contributed by atoms with E-state index < -0.39 is 0 Å². The van der Waals surface area contributed by atoms with Gasteiger partial charge in [-0.05, 0) is 61.4 Å². The second-order valence-electron chi connectivity index (χ2n) is 6.51. The maximum Gasteiger partial charge on any atom is 0.0463 e. The lowest BCUT2D eigenvalue weighted by Gasteiger charge is -2.27. The van der Waals surface area contributed by atoms with Gasteiger partial charge in [-0.15, -0.1) is 0 Å². The fraction of sp³-hybridized carbons (Fsp3) is 0.250. The zero-order valence-electron chi connectivity index (χ0n) is 15.8. The molecular formula is C24H28N2. The summed E-state index contributed by atoms with van der Waals surface area (Å²) in [6.07, 6.45) is 2.34. The first-order chi connectivity index (χ1) is 12.8. The van der Waals surface area contributed by atoms with Gasteiger partial charge in [-0.2, -0.15) is 0 Å². The number of rotatable bonds is 8. The second kappa shape index (κ2) is 9.10. The molecule has 0 bridgehead atoms. The number of nitrogens with zero attached hydrogens (tertiary/aromatic N) is 2. The smallest absolute Gasteiger partial charge is 0.0463 e. The fourth-order valence-electron chi connectivity index (χ4n) is 3.32. The standard InChI is InChI=1S/C24H28N2/c1-3-19-25(20-4-2)21-15-17-24(18-16-21)26(22-11-7-5-8-12-22)23-13-9-6-10-14-23/h5-18H,3-4,19-20H2,1-2H3. The highest BCUT2D eigenvalue weighted by Gasteiger charge is 2.12. The van der Waals surface area contributed by atoms with Crippen LogP contribution in [0.3, 0.4) is 0 Å². The maximum absolute atomic E-state index is 2.47. The largest absolute Gasteiger partial charge is 0.372 e. The van der Waals surface area contributed by atoms with Gasteiger partial charge in [-0.3, -0.25) is 0 Å². The van der Waals surface area contributed by atoms with E-state index in [0.717, 1.165) is 13.1 Å². The number of hydrogen-bond donors (Lipinski definition) is 0. The van der Waals surface area contributed by atoms with Crippen LogP contribution in [0.5, 0.6) is 0 Å². The monoisotopic (exact) mass is 344 g/mol. The van der Waals surface area contributed by atoms with Gasteiger partial charge >= 0.3 is 0 Å². The fourth-order valence-corrected chi connectivity index (χ4v) is 3.32. The Labute approximate surface area is 157 Å². The molecule has 0 amide bonds. The van der Waals surface area contributed by atoms with E-state index in [1.54, 1.807) is 0 Å². The van der Waals surface area contributed by atoms with Crippen molar-refractivity contribution in [2.24, 2.45) is 0 Å². The highest BCUT2D eigenvalue weighted by Crippen LogP contribution is 2.34. The molecule has 0 atom stereocenters. The molecule has 0 aliphatic rings. The van der Waals surface area contributed by atoms with Gasteiger partial charge < -0.3 is 9.80 Å². The predicted molar refractivity (Wildman–Crippen MR) is 114 cm³/mol. The third kappa shape index (κ3) is 4.26. The molecule has 0 aliphatic heterocycles.